The Bertz CT molecular complexity index is 461. The quantitative estimate of drug-likeness (QED) is 0.332. The lowest BCUT2D eigenvalue weighted by Gasteiger charge is -2.01. The Kier molecular flexibility index (Phi) is 3.04. The summed E-state index contributed by atoms with van der Waals surface area (Å²) in [5.74, 6) is 2.35. The predicted molar refractivity (Wildman–Crippen MR) is 53.4 cm³/mol. The number of nitro benzene ring substituents is 1. The standard InChI is InChI=1S/C6H3NO2.C3H3Br/c8-7(9)6-3-4-1-2-5(4)6;1-2-3-4/h1-3H;1H,3H2. The number of hydrogen-bond donors (Lipinski definition) is 0. The Balaban J connectivity index is 0.000000184. The predicted octanol–water partition coefficient (Wildman–Crippen LogP) is 2.21. The van der Waals surface area contributed by atoms with Gasteiger partial charge in [0, 0.05) is 6.07 Å². The molecule has 2 rings (SSSR count). The van der Waals surface area contributed by atoms with Gasteiger partial charge in [-0.15, -0.1) is 6.42 Å². The van der Waals surface area contributed by atoms with Crippen molar-refractivity contribution in [3.05, 3.63) is 38.8 Å². The normalized spacial score (nSPS) is 9.23. The molecule has 13 heavy (non-hydrogen) atoms. The van der Waals surface area contributed by atoms with Gasteiger partial charge in [0.1, 0.15) is 0 Å². The first-order valence-corrected chi connectivity index (χ1v) is 4.61. The molecule has 0 spiro atoms. The van der Waals surface area contributed by atoms with Crippen molar-refractivity contribution < 1.29 is 4.92 Å². The third-order valence-electron chi connectivity index (χ3n) is 1.58. The van der Waals surface area contributed by atoms with Gasteiger partial charge >= 0.3 is 0 Å². The van der Waals surface area contributed by atoms with Gasteiger partial charge in [0.2, 0.25) is 0 Å². The van der Waals surface area contributed by atoms with E-state index in [2.05, 4.69) is 21.9 Å². The Morgan fingerprint density at radius 2 is 2.23 bits per heavy atom. The fraction of sp³-hybridized carbons (Fsp3) is 0.111. The molecule has 0 fully saturated rings. The van der Waals surface area contributed by atoms with Crippen LogP contribution in [0.3, 0.4) is 0 Å². The van der Waals surface area contributed by atoms with Gasteiger partial charge in [-0.05, 0) is 11.3 Å². The van der Waals surface area contributed by atoms with Gasteiger partial charge < -0.3 is 0 Å². The molecule has 0 aromatic carbocycles. The zero-order valence-electron chi connectivity index (χ0n) is 6.66. The molecule has 0 N–H and O–H groups in total. The summed E-state index contributed by atoms with van der Waals surface area (Å²) >= 11 is 3.01. The summed E-state index contributed by atoms with van der Waals surface area (Å²) in [4.78, 5) is 9.68. The highest BCUT2D eigenvalue weighted by atomic mass is 79.9. The maximum Gasteiger partial charge on any atom is 0.277 e. The second-order valence-corrected chi connectivity index (χ2v) is 2.89. The van der Waals surface area contributed by atoms with Gasteiger partial charge in [-0.1, -0.05) is 27.9 Å². The average Bonchev–Trinajstić information content (AvgIpc) is 2.09. The Labute approximate surface area is 83.4 Å². The molecular weight excluding hydrogens is 234 g/mol. The van der Waals surface area contributed by atoms with E-state index in [1.807, 2.05) is 6.07 Å². The number of terminal acetylenes is 1. The summed E-state index contributed by atoms with van der Waals surface area (Å²) in [5, 5.41) is 12.5. The summed E-state index contributed by atoms with van der Waals surface area (Å²) in [5.41, 5.74) is 0.257. The topological polar surface area (TPSA) is 43.1 Å². The summed E-state index contributed by atoms with van der Waals surface area (Å²) in [6, 6.07) is 5.20. The van der Waals surface area contributed by atoms with Crippen LogP contribution in [0.1, 0.15) is 0 Å². The molecule has 0 saturated heterocycles. The van der Waals surface area contributed by atoms with Gasteiger partial charge in [0.05, 0.1) is 15.5 Å². The molecule has 66 valence electrons. The molecule has 2 aliphatic rings. The molecule has 0 heterocycles. The zero-order chi connectivity index (χ0) is 9.84. The summed E-state index contributed by atoms with van der Waals surface area (Å²) in [6.45, 7) is 0. The maximum atomic E-state index is 10.0. The third kappa shape index (κ3) is 1.87. The van der Waals surface area contributed by atoms with Crippen LogP contribution in [0, 0.1) is 32.9 Å². The molecule has 0 saturated carbocycles. The number of rotatable bonds is 1. The minimum atomic E-state index is -0.359. The first-order chi connectivity index (χ1) is 6.20. The molecule has 0 aromatic rings. The summed E-state index contributed by atoms with van der Waals surface area (Å²) in [7, 11) is 0. The maximum absolute atomic E-state index is 10.0. The van der Waals surface area contributed by atoms with E-state index in [1.165, 1.54) is 0 Å². The zero-order valence-corrected chi connectivity index (χ0v) is 8.24. The van der Waals surface area contributed by atoms with Crippen LogP contribution < -0.4 is 0 Å². The number of halogens is 1. The summed E-state index contributed by atoms with van der Waals surface area (Å²) < 4.78 is 0. The smallest absolute Gasteiger partial charge is 0.258 e. The van der Waals surface area contributed by atoms with Crippen molar-refractivity contribution in [2.24, 2.45) is 0 Å². The van der Waals surface area contributed by atoms with E-state index in [4.69, 9.17) is 6.42 Å². The van der Waals surface area contributed by atoms with Crippen LogP contribution in [-0.4, -0.2) is 10.3 Å². The lowest BCUT2D eigenvalue weighted by molar-refractivity contribution is -0.386. The largest absolute Gasteiger partial charge is 0.277 e. The van der Waals surface area contributed by atoms with Gasteiger partial charge in [0.15, 0.2) is 0 Å². The molecule has 0 aliphatic heterocycles. The first-order valence-electron chi connectivity index (χ1n) is 3.49. The highest BCUT2D eigenvalue weighted by molar-refractivity contribution is 9.09. The highest BCUT2D eigenvalue weighted by Crippen LogP contribution is 2.22. The molecule has 2 aliphatic carbocycles. The van der Waals surface area contributed by atoms with Crippen molar-refractivity contribution in [1.82, 2.24) is 0 Å². The van der Waals surface area contributed by atoms with Gasteiger partial charge in [-0.25, -0.2) is 0 Å². The second kappa shape index (κ2) is 4.06. The molecule has 0 atom stereocenters. The third-order valence-corrected chi connectivity index (χ3v) is 1.91. The lowest BCUT2D eigenvalue weighted by Crippen LogP contribution is -1.96. The SMILES string of the molecule is C#CCBr.O=[N+]([O-])c1cc2ccc1=2. The van der Waals surface area contributed by atoms with Gasteiger partial charge in [0.25, 0.3) is 5.69 Å². The molecule has 4 heteroatoms. The Morgan fingerprint density at radius 1 is 1.62 bits per heavy atom. The number of benzene rings is 1. The van der Waals surface area contributed by atoms with Crippen molar-refractivity contribution in [2.75, 3.05) is 5.33 Å². The van der Waals surface area contributed by atoms with Crippen molar-refractivity contribution >= 4 is 21.6 Å². The summed E-state index contributed by atoms with van der Waals surface area (Å²) in [6.07, 6.45) is 4.73. The van der Waals surface area contributed by atoms with Crippen LogP contribution >= 0.6 is 15.9 Å². The van der Waals surface area contributed by atoms with Crippen molar-refractivity contribution in [3.8, 4) is 12.3 Å². The van der Waals surface area contributed by atoms with Crippen molar-refractivity contribution in [3.63, 3.8) is 0 Å². The van der Waals surface area contributed by atoms with E-state index in [1.54, 1.807) is 12.1 Å². The number of non-ortho nitro benzene ring substituents is 1. The van der Waals surface area contributed by atoms with E-state index in [9.17, 15) is 10.1 Å². The molecular formula is C9H6BrNO2. The molecule has 0 unspecified atom stereocenters. The molecule has 0 amide bonds. The molecule has 0 radical (unpaired) electrons. The van der Waals surface area contributed by atoms with Gasteiger partial charge in [-0.2, -0.15) is 0 Å². The van der Waals surface area contributed by atoms with Crippen LogP contribution in [0.2, 0.25) is 0 Å². The van der Waals surface area contributed by atoms with E-state index in [0.717, 1.165) is 10.4 Å². The van der Waals surface area contributed by atoms with E-state index < -0.39 is 0 Å². The van der Waals surface area contributed by atoms with Crippen LogP contribution in [0.15, 0.2) is 18.2 Å². The van der Waals surface area contributed by atoms with Gasteiger partial charge in [-0.3, -0.25) is 10.1 Å². The minimum Gasteiger partial charge on any atom is -0.258 e. The van der Waals surface area contributed by atoms with Crippen LogP contribution in [0.25, 0.3) is 0 Å². The van der Waals surface area contributed by atoms with E-state index in [0.29, 0.717) is 5.33 Å². The number of hydrogen-bond acceptors (Lipinski definition) is 2. The Hall–Kier alpha value is -1.34. The number of nitrogens with zero attached hydrogens (tertiary/aromatic N) is 1. The van der Waals surface area contributed by atoms with Crippen molar-refractivity contribution in [1.29, 1.82) is 0 Å². The Morgan fingerprint density at radius 3 is 2.31 bits per heavy atom. The fourth-order valence-corrected chi connectivity index (χ4v) is 0.920. The second-order valence-electron chi connectivity index (χ2n) is 2.33. The first kappa shape index (κ1) is 9.75. The highest BCUT2D eigenvalue weighted by Gasteiger charge is 2.14. The van der Waals surface area contributed by atoms with E-state index in [-0.39, 0.29) is 10.6 Å². The molecule has 0 bridgehead atoms. The monoisotopic (exact) mass is 239 g/mol. The lowest BCUT2D eigenvalue weighted by atomic mass is 10.1. The molecule has 3 nitrogen and oxygen atoms in total. The van der Waals surface area contributed by atoms with Crippen molar-refractivity contribution in [2.45, 2.75) is 0 Å². The number of nitro groups is 1. The average molecular weight is 240 g/mol. The number of alkyl halides is 1. The van der Waals surface area contributed by atoms with Crippen LogP contribution in [0.5, 0.6) is 0 Å². The van der Waals surface area contributed by atoms with E-state index >= 15 is 0 Å². The molecule has 0 aromatic heterocycles. The van der Waals surface area contributed by atoms with Crippen LogP contribution in [-0.2, 0) is 0 Å². The fourth-order valence-electron chi connectivity index (χ4n) is 0.920. The minimum absolute atomic E-state index is 0.257. The van der Waals surface area contributed by atoms with Crippen LogP contribution in [0.4, 0.5) is 5.69 Å².